The molecule has 0 saturated carbocycles. The molecule has 1 heterocycles. The molecule has 7 heteroatoms. The van der Waals surface area contributed by atoms with Crippen LogP contribution in [0, 0.1) is 6.92 Å². The summed E-state index contributed by atoms with van der Waals surface area (Å²) in [5, 5.41) is 11.7. The van der Waals surface area contributed by atoms with E-state index < -0.39 is 24.0 Å². The molecule has 0 atom stereocenters. The molecule has 0 spiro atoms. The van der Waals surface area contributed by atoms with Gasteiger partial charge in [0.05, 0.1) is 6.61 Å². The third kappa shape index (κ3) is 2.72. The third-order valence-electron chi connectivity index (χ3n) is 1.85. The molecule has 0 fully saturated rings. The van der Waals surface area contributed by atoms with Crippen LogP contribution in [0.4, 0.5) is 8.78 Å². The summed E-state index contributed by atoms with van der Waals surface area (Å²) in [4.78, 5) is 10.9. The lowest BCUT2D eigenvalue weighted by Gasteiger charge is -2.00. The molecule has 0 aliphatic rings. The van der Waals surface area contributed by atoms with Crippen molar-refractivity contribution in [3.05, 3.63) is 28.0 Å². The molecule has 0 unspecified atom stereocenters. The molecule has 0 aliphatic carbocycles. The molecule has 1 aromatic heterocycles. The first-order valence-corrected chi connectivity index (χ1v) is 4.23. The summed E-state index contributed by atoms with van der Waals surface area (Å²) in [5.74, 6) is -2.73. The molecule has 15 heavy (non-hydrogen) atoms. The second-order valence-corrected chi connectivity index (χ2v) is 2.87. The highest BCUT2D eigenvalue weighted by Crippen LogP contribution is 2.12. The van der Waals surface area contributed by atoms with Gasteiger partial charge in [0, 0.05) is 13.0 Å². The van der Waals surface area contributed by atoms with Crippen molar-refractivity contribution < 1.29 is 18.4 Å². The highest BCUT2D eigenvalue weighted by Gasteiger charge is 2.09. The van der Waals surface area contributed by atoms with Gasteiger partial charge in [-0.05, 0) is 6.92 Å². The number of aliphatic hydroxyl groups is 1. The number of allylic oxidation sites excluding steroid dienone is 1. The molecule has 1 aromatic rings. The van der Waals surface area contributed by atoms with E-state index in [1.807, 2.05) is 0 Å². The van der Waals surface area contributed by atoms with Gasteiger partial charge in [-0.15, -0.1) is 0 Å². The van der Waals surface area contributed by atoms with E-state index >= 15 is 0 Å². The molecule has 0 aliphatic heterocycles. The number of nitrogens with zero attached hydrogens (tertiary/aromatic N) is 2. The van der Waals surface area contributed by atoms with Crippen molar-refractivity contribution in [2.75, 3.05) is 6.61 Å². The van der Waals surface area contributed by atoms with Crippen LogP contribution in [0.3, 0.4) is 0 Å². The van der Waals surface area contributed by atoms with Crippen LogP contribution < -0.4 is 5.76 Å². The van der Waals surface area contributed by atoms with Crippen LogP contribution in [0.5, 0.6) is 0 Å². The van der Waals surface area contributed by atoms with Crippen LogP contribution in [0.1, 0.15) is 12.2 Å². The Morgan fingerprint density at radius 1 is 1.53 bits per heavy atom. The van der Waals surface area contributed by atoms with Gasteiger partial charge in [0.25, 0.3) is 0 Å². The molecule has 0 bridgehead atoms. The van der Waals surface area contributed by atoms with Crippen LogP contribution in [-0.4, -0.2) is 21.4 Å². The van der Waals surface area contributed by atoms with Gasteiger partial charge in [0.1, 0.15) is 5.83 Å². The number of rotatable bonds is 4. The van der Waals surface area contributed by atoms with E-state index in [1.165, 1.54) is 6.92 Å². The minimum absolute atomic E-state index is 0.0760. The highest BCUT2D eigenvalue weighted by atomic mass is 19.2. The fourth-order valence-corrected chi connectivity index (χ4v) is 1.02. The van der Waals surface area contributed by atoms with E-state index in [0.29, 0.717) is 0 Å². The van der Waals surface area contributed by atoms with Crippen LogP contribution in [0.15, 0.2) is 21.0 Å². The molecule has 0 radical (unpaired) electrons. The lowest BCUT2D eigenvalue weighted by Crippen LogP contribution is -2.16. The second-order valence-electron chi connectivity index (χ2n) is 2.87. The summed E-state index contributed by atoms with van der Waals surface area (Å²) >= 11 is 0. The highest BCUT2D eigenvalue weighted by molar-refractivity contribution is 4.99. The van der Waals surface area contributed by atoms with E-state index in [4.69, 9.17) is 5.11 Å². The summed E-state index contributed by atoms with van der Waals surface area (Å²) in [6, 6.07) is 0. The van der Waals surface area contributed by atoms with E-state index in [9.17, 15) is 13.6 Å². The van der Waals surface area contributed by atoms with Gasteiger partial charge < -0.3 is 5.11 Å². The minimum atomic E-state index is -1.22. The largest absolute Gasteiger partial charge is 0.441 e. The number of hydrogen-bond acceptors (Lipinski definition) is 4. The van der Waals surface area contributed by atoms with Crippen LogP contribution in [0.25, 0.3) is 0 Å². The molecule has 1 rings (SSSR count). The molecule has 0 saturated heterocycles. The maximum atomic E-state index is 12.8. The quantitative estimate of drug-likeness (QED) is 0.810. The summed E-state index contributed by atoms with van der Waals surface area (Å²) in [7, 11) is 0. The smallest absolute Gasteiger partial charge is 0.389 e. The van der Waals surface area contributed by atoms with Gasteiger partial charge in [0.15, 0.2) is 11.7 Å². The number of aliphatic hydroxyl groups excluding tert-OH is 1. The average molecular weight is 220 g/mol. The Kier molecular flexibility index (Phi) is 3.73. The Morgan fingerprint density at radius 3 is 2.67 bits per heavy atom. The monoisotopic (exact) mass is 220 g/mol. The SMILES string of the molecule is Cc1noc(=O)n1CCC(F)=C(F)CO. The molecule has 0 amide bonds. The fraction of sp³-hybridized carbons (Fsp3) is 0.500. The third-order valence-corrected chi connectivity index (χ3v) is 1.85. The Labute approximate surface area is 83.6 Å². The van der Waals surface area contributed by atoms with Crippen molar-refractivity contribution in [3.8, 4) is 0 Å². The Balaban J connectivity index is 2.70. The topological polar surface area (TPSA) is 68.3 Å². The van der Waals surface area contributed by atoms with E-state index in [0.717, 1.165) is 4.57 Å². The Morgan fingerprint density at radius 2 is 2.20 bits per heavy atom. The number of hydrogen-bond donors (Lipinski definition) is 1. The van der Waals surface area contributed by atoms with Crippen molar-refractivity contribution in [2.24, 2.45) is 0 Å². The Hall–Kier alpha value is -1.50. The maximum Gasteiger partial charge on any atom is 0.441 e. The van der Waals surface area contributed by atoms with Gasteiger partial charge in [-0.2, -0.15) is 0 Å². The molecule has 1 N–H and O–H groups in total. The first-order valence-electron chi connectivity index (χ1n) is 4.23. The Bertz CT molecular complexity index is 422. The number of aromatic nitrogens is 2. The number of aryl methyl sites for hydroxylation is 1. The lowest BCUT2D eigenvalue weighted by atomic mass is 10.3. The molecule has 84 valence electrons. The normalized spacial score (nSPS) is 12.8. The lowest BCUT2D eigenvalue weighted by molar-refractivity contribution is 0.286. The minimum Gasteiger partial charge on any atom is -0.389 e. The summed E-state index contributed by atoms with van der Waals surface area (Å²) in [6.07, 6.45) is -0.325. The van der Waals surface area contributed by atoms with Crippen molar-refractivity contribution in [2.45, 2.75) is 19.9 Å². The predicted molar refractivity (Wildman–Crippen MR) is 46.4 cm³/mol. The standard InChI is InChI=1S/C8H10F2N2O3/c1-5-11-15-8(14)12(5)3-2-6(9)7(10)4-13/h13H,2-4H2,1H3. The van der Waals surface area contributed by atoms with Gasteiger partial charge in [-0.1, -0.05) is 5.16 Å². The summed E-state index contributed by atoms with van der Waals surface area (Å²) in [6.45, 7) is 0.450. The molecule has 5 nitrogen and oxygen atoms in total. The molecule has 0 aromatic carbocycles. The summed E-state index contributed by atoms with van der Waals surface area (Å²) in [5.41, 5.74) is 0. The van der Waals surface area contributed by atoms with Gasteiger partial charge >= 0.3 is 5.76 Å². The first kappa shape index (κ1) is 11.6. The van der Waals surface area contributed by atoms with E-state index in [-0.39, 0.29) is 18.8 Å². The van der Waals surface area contributed by atoms with Gasteiger partial charge in [0.2, 0.25) is 0 Å². The zero-order valence-corrected chi connectivity index (χ0v) is 8.04. The van der Waals surface area contributed by atoms with Crippen LogP contribution >= 0.6 is 0 Å². The summed E-state index contributed by atoms with van der Waals surface area (Å²) < 4.78 is 30.7. The number of halogens is 2. The molecular formula is C8H10F2N2O3. The zero-order chi connectivity index (χ0) is 11.4. The second kappa shape index (κ2) is 4.83. The van der Waals surface area contributed by atoms with Gasteiger partial charge in [-0.3, -0.25) is 9.09 Å². The van der Waals surface area contributed by atoms with Crippen molar-refractivity contribution >= 4 is 0 Å². The predicted octanol–water partition coefficient (Wildman–Crippen LogP) is 0.678. The van der Waals surface area contributed by atoms with Crippen molar-refractivity contribution in [1.29, 1.82) is 0 Å². The fourth-order valence-electron chi connectivity index (χ4n) is 1.02. The van der Waals surface area contributed by atoms with E-state index in [2.05, 4.69) is 9.68 Å². The van der Waals surface area contributed by atoms with E-state index in [1.54, 1.807) is 0 Å². The first-order chi connectivity index (χ1) is 7.06. The average Bonchev–Trinajstić information content (AvgIpc) is 2.54. The molecular weight excluding hydrogens is 210 g/mol. The van der Waals surface area contributed by atoms with Crippen molar-refractivity contribution in [3.63, 3.8) is 0 Å². The van der Waals surface area contributed by atoms with Crippen molar-refractivity contribution in [1.82, 2.24) is 9.72 Å². The maximum absolute atomic E-state index is 12.8. The zero-order valence-electron chi connectivity index (χ0n) is 8.04. The van der Waals surface area contributed by atoms with Crippen LogP contribution in [0.2, 0.25) is 0 Å². The van der Waals surface area contributed by atoms with Crippen LogP contribution in [-0.2, 0) is 6.54 Å². The van der Waals surface area contributed by atoms with Gasteiger partial charge in [-0.25, -0.2) is 13.6 Å².